The summed E-state index contributed by atoms with van der Waals surface area (Å²) >= 11 is 1.66. The van der Waals surface area contributed by atoms with E-state index in [1.54, 1.807) is 11.8 Å². The largest absolute Gasteiger partial charge is 0.455 e. The lowest BCUT2D eigenvalue weighted by molar-refractivity contribution is -0.0174. The quantitative estimate of drug-likeness (QED) is 0.0321. The molecule has 0 radical (unpaired) electrons. The van der Waals surface area contributed by atoms with Crippen molar-refractivity contribution >= 4 is 28.4 Å². The number of rotatable bonds is 29. The molecule has 0 saturated heterocycles. The standard InChI is InChI=1S/C25H51N7O7SSi2/c1-41(2,19-5-6-26)39-42(3,4)23-40-25-28-20-24(21-29-25)22-38-18-17-37-16-15-36-14-13-35-12-11-34-10-9-33-8-7-30-32-31-27/h20-21,27H,5-19,22-23,26H2,1-4H3. The maximum Gasteiger partial charge on any atom is 0.187 e. The van der Waals surface area contributed by atoms with E-state index in [9.17, 15) is 0 Å². The maximum atomic E-state index is 6.61. The van der Waals surface area contributed by atoms with Gasteiger partial charge in [-0.15, -0.1) is 0 Å². The molecule has 0 saturated carbocycles. The van der Waals surface area contributed by atoms with Gasteiger partial charge < -0.3 is 38.3 Å². The predicted molar refractivity (Wildman–Crippen MR) is 166 cm³/mol. The van der Waals surface area contributed by atoms with Crippen LogP contribution in [0.15, 0.2) is 33.1 Å². The van der Waals surface area contributed by atoms with Crippen molar-refractivity contribution in [2.45, 2.75) is 50.4 Å². The molecule has 1 heterocycles. The third kappa shape index (κ3) is 23.2. The summed E-state index contributed by atoms with van der Waals surface area (Å²) in [6.45, 7) is 16.0. The SMILES string of the molecule is C[Si](C)(CCCN)O[Si](C)(C)CSc1ncc(COCCOCCOCCOCCOCCOCCN=NN=N)cn1. The third-order valence-electron chi connectivity index (χ3n) is 5.34. The smallest absolute Gasteiger partial charge is 0.187 e. The van der Waals surface area contributed by atoms with Crippen LogP contribution in [-0.2, 0) is 39.1 Å². The van der Waals surface area contributed by atoms with Crippen LogP contribution in [0.2, 0.25) is 32.2 Å². The fraction of sp³-hybridized carbons (Fsp3) is 0.840. The minimum atomic E-state index is -1.81. The number of hydrogen-bond acceptors (Lipinski definition) is 13. The van der Waals surface area contributed by atoms with Crippen LogP contribution in [0.1, 0.15) is 12.0 Å². The molecule has 0 aliphatic heterocycles. The van der Waals surface area contributed by atoms with Crippen LogP contribution >= 0.6 is 11.8 Å². The van der Waals surface area contributed by atoms with Gasteiger partial charge in [0.1, 0.15) is 0 Å². The zero-order valence-corrected chi connectivity index (χ0v) is 28.6. The molecule has 0 bridgehead atoms. The van der Waals surface area contributed by atoms with Gasteiger partial charge in [-0.05, 0) is 55.6 Å². The number of nitrogens with one attached hydrogen (secondary N) is 1. The van der Waals surface area contributed by atoms with E-state index in [1.807, 2.05) is 12.4 Å². The zero-order chi connectivity index (χ0) is 30.8. The first-order valence-corrected chi connectivity index (χ1v) is 21.5. The highest BCUT2D eigenvalue weighted by Crippen LogP contribution is 2.25. The van der Waals surface area contributed by atoms with Crippen molar-refractivity contribution in [1.29, 1.82) is 5.53 Å². The summed E-state index contributed by atoms with van der Waals surface area (Å²) in [7, 11) is -3.49. The van der Waals surface area contributed by atoms with Crippen LogP contribution in [0.4, 0.5) is 0 Å². The molecule has 0 aromatic carbocycles. The van der Waals surface area contributed by atoms with Crippen molar-refractivity contribution in [3.63, 3.8) is 0 Å². The molecular weight excluding hydrogens is 599 g/mol. The highest BCUT2D eigenvalue weighted by Gasteiger charge is 2.32. The number of ether oxygens (including phenoxy) is 6. The van der Waals surface area contributed by atoms with E-state index >= 15 is 0 Å². The molecular formula is C25H51N7O7SSi2. The van der Waals surface area contributed by atoms with Crippen LogP contribution < -0.4 is 5.73 Å². The zero-order valence-electron chi connectivity index (χ0n) is 25.8. The summed E-state index contributed by atoms with van der Waals surface area (Å²) in [5, 5.41) is 11.2. The van der Waals surface area contributed by atoms with Crippen LogP contribution in [0.5, 0.6) is 0 Å². The van der Waals surface area contributed by atoms with E-state index in [-0.39, 0.29) is 0 Å². The Hall–Kier alpha value is -1.26. The Kier molecular flexibility index (Phi) is 23.2. The van der Waals surface area contributed by atoms with Crippen molar-refractivity contribution in [3.05, 3.63) is 18.0 Å². The van der Waals surface area contributed by atoms with Crippen molar-refractivity contribution in [2.75, 3.05) is 91.1 Å². The number of thioether (sulfide) groups is 1. The van der Waals surface area contributed by atoms with Gasteiger partial charge in [-0.2, -0.15) is 10.6 Å². The van der Waals surface area contributed by atoms with E-state index in [0.717, 1.165) is 35.1 Å². The van der Waals surface area contributed by atoms with Gasteiger partial charge in [0, 0.05) is 23.3 Å². The molecule has 14 nitrogen and oxygen atoms in total. The topological polar surface area (TPSA) is 177 Å². The van der Waals surface area contributed by atoms with Gasteiger partial charge in [-0.3, -0.25) is 0 Å². The summed E-state index contributed by atoms with van der Waals surface area (Å²) in [5.41, 5.74) is 13.1. The average Bonchev–Trinajstić information content (AvgIpc) is 2.96. The van der Waals surface area contributed by atoms with Crippen LogP contribution in [0.25, 0.3) is 0 Å². The second kappa shape index (κ2) is 25.1. The molecule has 0 aliphatic carbocycles. The molecule has 0 unspecified atom stereocenters. The Balaban J connectivity index is 1.94. The lowest BCUT2D eigenvalue weighted by Crippen LogP contribution is -2.46. The van der Waals surface area contributed by atoms with E-state index in [4.69, 9.17) is 43.8 Å². The Labute approximate surface area is 256 Å². The predicted octanol–water partition coefficient (Wildman–Crippen LogP) is 3.88. The van der Waals surface area contributed by atoms with E-state index < -0.39 is 16.6 Å². The van der Waals surface area contributed by atoms with E-state index in [0.29, 0.717) is 85.8 Å². The second-order valence-electron chi connectivity index (χ2n) is 10.3. The first kappa shape index (κ1) is 38.8. The van der Waals surface area contributed by atoms with Crippen molar-refractivity contribution in [1.82, 2.24) is 9.97 Å². The van der Waals surface area contributed by atoms with Gasteiger partial charge in [0.25, 0.3) is 0 Å². The lowest BCUT2D eigenvalue weighted by atomic mass is 10.4. The molecule has 1 rings (SSSR count). The molecule has 3 N–H and O–H groups in total. The van der Waals surface area contributed by atoms with Crippen LogP contribution in [0.3, 0.4) is 0 Å². The number of hydrogen-bond donors (Lipinski definition) is 2. The first-order chi connectivity index (χ1) is 20.3. The number of nitrogens with two attached hydrogens (primary N) is 1. The first-order valence-electron chi connectivity index (χ1n) is 14.3. The van der Waals surface area contributed by atoms with Crippen molar-refractivity contribution in [2.24, 2.45) is 21.3 Å². The average molecular weight is 650 g/mol. The van der Waals surface area contributed by atoms with E-state index in [1.165, 1.54) is 0 Å². The molecule has 242 valence electrons. The minimum absolute atomic E-state index is 0.378. The third-order valence-corrected chi connectivity index (χ3v) is 15.1. The van der Waals surface area contributed by atoms with Crippen molar-refractivity contribution in [3.8, 4) is 0 Å². The molecule has 0 atom stereocenters. The van der Waals surface area contributed by atoms with Gasteiger partial charge in [0.15, 0.2) is 21.8 Å². The normalized spacial score (nSPS) is 12.4. The molecule has 0 spiro atoms. The highest BCUT2D eigenvalue weighted by molar-refractivity contribution is 8.00. The molecule has 0 aliphatic rings. The summed E-state index contributed by atoms with van der Waals surface area (Å²) in [4.78, 5) is 8.97. The lowest BCUT2D eigenvalue weighted by Gasteiger charge is -2.33. The van der Waals surface area contributed by atoms with Gasteiger partial charge >= 0.3 is 0 Å². The molecule has 17 heteroatoms. The summed E-state index contributed by atoms with van der Waals surface area (Å²) in [6.07, 6.45) is 4.67. The number of aromatic nitrogens is 2. The molecule has 0 fully saturated rings. The van der Waals surface area contributed by atoms with E-state index in [2.05, 4.69) is 51.7 Å². The minimum Gasteiger partial charge on any atom is -0.455 e. The summed E-state index contributed by atoms with van der Waals surface area (Å²) < 4.78 is 39.4. The summed E-state index contributed by atoms with van der Waals surface area (Å²) in [6, 6.07) is 1.10. The fourth-order valence-corrected chi connectivity index (χ4v) is 13.9. The Bertz CT molecular complexity index is 831. The van der Waals surface area contributed by atoms with Crippen LogP contribution in [-0.4, -0.2) is 118 Å². The fourth-order valence-electron chi connectivity index (χ4n) is 3.56. The second-order valence-corrected chi connectivity index (χ2v) is 20.5. The highest BCUT2D eigenvalue weighted by atomic mass is 32.2. The molecule has 1 aromatic heterocycles. The Morgan fingerprint density at radius 1 is 0.762 bits per heavy atom. The van der Waals surface area contributed by atoms with Gasteiger partial charge in [0.05, 0.1) is 85.8 Å². The molecule has 0 amide bonds. The van der Waals surface area contributed by atoms with Crippen LogP contribution in [0, 0.1) is 5.53 Å². The Morgan fingerprint density at radius 2 is 1.26 bits per heavy atom. The Morgan fingerprint density at radius 3 is 1.76 bits per heavy atom. The molecule has 1 aromatic rings. The van der Waals surface area contributed by atoms with Gasteiger partial charge in [-0.25, -0.2) is 9.97 Å². The van der Waals surface area contributed by atoms with Gasteiger partial charge in [0.2, 0.25) is 0 Å². The molecule has 42 heavy (non-hydrogen) atoms. The monoisotopic (exact) mass is 649 g/mol. The number of nitrogens with zero attached hydrogens (tertiary/aromatic N) is 5. The van der Waals surface area contributed by atoms with Gasteiger partial charge in [-0.1, -0.05) is 11.8 Å². The van der Waals surface area contributed by atoms with Crippen molar-refractivity contribution < 1.29 is 32.5 Å². The summed E-state index contributed by atoms with van der Waals surface area (Å²) in [5.74, 6) is 0. The maximum absolute atomic E-state index is 6.61.